The Kier molecular flexibility index (Phi) is 5.64. The molecule has 0 aliphatic heterocycles. The predicted molar refractivity (Wildman–Crippen MR) is 101 cm³/mol. The molecule has 130 valence electrons. The smallest absolute Gasteiger partial charge is 0.123 e. The summed E-state index contributed by atoms with van der Waals surface area (Å²) in [5, 5.41) is 10.7. The topological polar surface area (TPSA) is 45.6 Å². The molecule has 1 heterocycles. The molecule has 3 rings (SSSR count). The van der Waals surface area contributed by atoms with Gasteiger partial charge in [0.05, 0.1) is 19.2 Å². The van der Waals surface area contributed by atoms with Crippen LogP contribution in [0.3, 0.4) is 0 Å². The number of rotatable bonds is 7. The third kappa shape index (κ3) is 4.16. The number of para-hydroxylation sites is 2. The molecule has 25 heavy (non-hydrogen) atoms. The van der Waals surface area contributed by atoms with Gasteiger partial charge in [0, 0.05) is 36.3 Å². The first-order chi connectivity index (χ1) is 12.2. The van der Waals surface area contributed by atoms with Gasteiger partial charge in [-0.15, -0.1) is 0 Å². The molecule has 1 N–H and O–H groups in total. The van der Waals surface area contributed by atoms with Crippen LogP contribution in [0.2, 0.25) is 0 Å². The lowest BCUT2D eigenvalue weighted by atomic mass is 10.1. The van der Waals surface area contributed by atoms with Crippen molar-refractivity contribution < 1.29 is 9.84 Å². The second kappa shape index (κ2) is 8.10. The Morgan fingerprint density at radius 1 is 1.00 bits per heavy atom. The summed E-state index contributed by atoms with van der Waals surface area (Å²) in [4.78, 5) is 6.85. The molecule has 0 atom stereocenters. The van der Waals surface area contributed by atoms with Crippen LogP contribution in [0.1, 0.15) is 16.8 Å². The Bertz CT molecular complexity index is 848. The first-order valence-electron chi connectivity index (χ1n) is 8.51. The number of nitrogens with zero attached hydrogens (tertiary/aromatic N) is 2. The number of benzene rings is 2. The molecule has 1 aromatic heterocycles. The number of hydrogen-bond acceptors (Lipinski definition) is 4. The lowest BCUT2D eigenvalue weighted by Crippen LogP contribution is -2.26. The second-order valence-electron chi connectivity index (χ2n) is 6.19. The minimum absolute atomic E-state index is 0.122. The van der Waals surface area contributed by atoms with Gasteiger partial charge in [-0.25, -0.2) is 0 Å². The first kappa shape index (κ1) is 17.4. The van der Waals surface area contributed by atoms with E-state index in [1.165, 1.54) is 5.56 Å². The molecule has 0 fully saturated rings. The van der Waals surface area contributed by atoms with Crippen LogP contribution in [0, 0.1) is 6.92 Å². The monoisotopic (exact) mass is 336 g/mol. The van der Waals surface area contributed by atoms with Crippen LogP contribution in [0.15, 0.2) is 54.6 Å². The van der Waals surface area contributed by atoms with Gasteiger partial charge in [-0.05, 0) is 30.7 Å². The highest BCUT2D eigenvalue weighted by Gasteiger charge is 2.12. The molecule has 0 saturated heterocycles. The highest BCUT2D eigenvalue weighted by molar-refractivity contribution is 5.82. The molecule has 2 aromatic carbocycles. The Balaban J connectivity index is 1.90. The van der Waals surface area contributed by atoms with Crippen LogP contribution in [0.25, 0.3) is 10.9 Å². The summed E-state index contributed by atoms with van der Waals surface area (Å²) in [6.45, 7) is 4.22. The van der Waals surface area contributed by atoms with Crippen molar-refractivity contribution in [3.8, 4) is 5.75 Å². The molecule has 4 heteroatoms. The van der Waals surface area contributed by atoms with E-state index in [9.17, 15) is 5.11 Å². The molecule has 0 radical (unpaired) electrons. The second-order valence-corrected chi connectivity index (χ2v) is 6.19. The summed E-state index contributed by atoms with van der Waals surface area (Å²) in [7, 11) is 1.69. The molecule has 0 unspecified atom stereocenters. The molecular weight excluding hydrogens is 312 g/mol. The summed E-state index contributed by atoms with van der Waals surface area (Å²) in [6.07, 6.45) is 0. The summed E-state index contributed by atoms with van der Waals surface area (Å²) >= 11 is 0. The fourth-order valence-electron chi connectivity index (χ4n) is 3.20. The van der Waals surface area contributed by atoms with Crippen molar-refractivity contribution >= 4 is 10.9 Å². The van der Waals surface area contributed by atoms with Gasteiger partial charge in [0.25, 0.3) is 0 Å². The first-order valence-corrected chi connectivity index (χ1v) is 8.51. The third-order valence-electron chi connectivity index (χ3n) is 4.33. The van der Waals surface area contributed by atoms with Crippen LogP contribution >= 0.6 is 0 Å². The number of aliphatic hydroxyl groups is 1. The van der Waals surface area contributed by atoms with Crippen LogP contribution in [0.4, 0.5) is 0 Å². The van der Waals surface area contributed by atoms with Crippen molar-refractivity contribution in [1.29, 1.82) is 0 Å². The van der Waals surface area contributed by atoms with Crippen molar-refractivity contribution in [2.24, 2.45) is 0 Å². The summed E-state index contributed by atoms with van der Waals surface area (Å²) in [5.74, 6) is 0.876. The Morgan fingerprint density at radius 3 is 2.52 bits per heavy atom. The number of aryl methyl sites for hydroxylation is 1. The van der Waals surface area contributed by atoms with Gasteiger partial charge in [-0.1, -0.05) is 36.4 Å². The summed E-state index contributed by atoms with van der Waals surface area (Å²) in [6, 6.07) is 18.4. The Hall–Kier alpha value is -2.43. The number of fused-ring (bicyclic) bond motifs is 1. The third-order valence-corrected chi connectivity index (χ3v) is 4.33. The van der Waals surface area contributed by atoms with Crippen molar-refractivity contribution in [3.05, 3.63) is 71.4 Å². The van der Waals surface area contributed by atoms with Crippen LogP contribution in [-0.2, 0) is 13.1 Å². The zero-order valence-electron chi connectivity index (χ0n) is 14.8. The average molecular weight is 336 g/mol. The van der Waals surface area contributed by atoms with E-state index in [0.29, 0.717) is 6.54 Å². The molecule has 0 aliphatic carbocycles. The quantitative estimate of drug-likeness (QED) is 0.717. The van der Waals surface area contributed by atoms with E-state index in [1.54, 1.807) is 7.11 Å². The van der Waals surface area contributed by atoms with Gasteiger partial charge in [-0.3, -0.25) is 9.88 Å². The highest BCUT2D eigenvalue weighted by atomic mass is 16.5. The normalized spacial score (nSPS) is 11.2. The summed E-state index contributed by atoms with van der Waals surface area (Å²) < 4.78 is 5.46. The van der Waals surface area contributed by atoms with E-state index in [4.69, 9.17) is 4.74 Å². The van der Waals surface area contributed by atoms with Gasteiger partial charge in [0.15, 0.2) is 0 Å². The molecule has 3 aromatic rings. The molecular formula is C21H24N2O2. The standard InChI is InChI=1S/C21H24N2O2/c1-16-13-18(19-8-4-5-9-20(19)22-16)15-23(11-12-24)14-17-7-3-6-10-21(17)25-2/h3-10,13,24H,11-12,14-15H2,1-2H3. The number of hydrogen-bond donors (Lipinski definition) is 1. The number of aliphatic hydroxyl groups excluding tert-OH is 1. The molecule has 4 nitrogen and oxygen atoms in total. The number of aromatic nitrogens is 1. The van der Waals surface area contributed by atoms with Crippen molar-refractivity contribution in [1.82, 2.24) is 9.88 Å². The van der Waals surface area contributed by atoms with Gasteiger partial charge >= 0.3 is 0 Å². The van der Waals surface area contributed by atoms with Crippen LogP contribution < -0.4 is 4.74 Å². The highest BCUT2D eigenvalue weighted by Crippen LogP contribution is 2.23. The zero-order chi connectivity index (χ0) is 17.6. The maximum Gasteiger partial charge on any atom is 0.123 e. The zero-order valence-corrected chi connectivity index (χ0v) is 14.8. The SMILES string of the molecule is COc1ccccc1CN(CCO)Cc1cc(C)nc2ccccc12. The van der Waals surface area contributed by atoms with E-state index in [1.807, 2.05) is 43.3 Å². The fourth-order valence-corrected chi connectivity index (χ4v) is 3.20. The molecule has 0 spiro atoms. The van der Waals surface area contributed by atoms with Gasteiger partial charge in [0.2, 0.25) is 0 Å². The minimum Gasteiger partial charge on any atom is -0.496 e. The minimum atomic E-state index is 0.122. The van der Waals surface area contributed by atoms with E-state index < -0.39 is 0 Å². The maximum atomic E-state index is 9.50. The van der Waals surface area contributed by atoms with Gasteiger partial charge < -0.3 is 9.84 Å². The Morgan fingerprint density at radius 2 is 1.72 bits per heavy atom. The lowest BCUT2D eigenvalue weighted by Gasteiger charge is -2.23. The maximum absolute atomic E-state index is 9.50. The van der Waals surface area contributed by atoms with E-state index in [2.05, 4.69) is 28.1 Å². The number of pyridine rings is 1. The molecule has 0 amide bonds. The van der Waals surface area contributed by atoms with E-state index in [0.717, 1.165) is 41.0 Å². The largest absolute Gasteiger partial charge is 0.496 e. The van der Waals surface area contributed by atoms with Gasteiger partial charge in [-0.2, -0.15) is 0 Å². The number of ether oxygens (including phenoxy) is 1. The van der Waals surface area contributed by atoms with Crippen molar-refractivity contribution in [2.45, 2.75) is 20.0 Å². The van der Waals surface area contributed by atoms with Crippen molar-refractivity contribution in [3.63, 3.8) is 0 Å². The van der Waals surface area contributed by atoms with E-state index >= 15 is 0 Å². The fraction of sp³-hybridized carbons (Fsp3) is 0.286. The van der Waals surface area contributed by atoms with Crippen molar-refractivity contribution in [2.75, 3.05) is 20.3 Å². The Labute approximate surface area is 148 Å². The predicted octanol–water partition coefficient (Wildman–Crippen LogP) is 3.55. The number of methoxy groups -OCH3 is 1. The molecule has 0 bridgehead atoms. The van der Waals surface area contributed by atoms with Crippen LogP contribution in [-0.4, -0.2) is 35.3 Å². The van der Waals surface area contributed by atoms with Gasteiger partial charge in [0.1, 0.15) is 5.75 Å². The molecule has 0 saturated carbocycles. The van der Waals surface area contributed by atoms with E-state index in [-0.39, 0.29) is 6.61 Å². The van der Waals surface area contributed by atoms with Crippen LogP contribution in [0.5, 0.6) is 5.75 Å². The summed E-state index contributed by atoms with van der Waals surface area (Å²) in [5.41, 5.74) is 4.37. The average Bonchev–Trinajstić information content (AvgIpc) is 2.62. The lowest BCUT2D eigenvalue weighted by molar-refractivity contribution is 0.183. The molecule has 0 aliphatic rings.